The van der Waals surface area contributed by atoms with Crippen molar-refractivity contribution in [2.45, 2.75) is 17.0 Å². The number of aromatic carboxylic acids is 1. The Morgan fingerprint density at radius 3 is 2.71 bits per heavy atom. The first-order valence-corrected chi connectivity index (χ1v) is 8.23. The number of carboxylic acids is 1. The number of halogens is 4. The van der Waals surface area contributed by atoms with E-state index in [9.17, 15) is 18.0 Å². The van der Waals surface area contributed by atoms with Crippen molar-refractivity contribution in [1.29, 1.82) is 5.26 Å². The van der Waals surface area contributed by atoms with Crippen molar-refractivity contribution in [2.24, 2.45) is 0 Å². The van der Waals surface area contributed by atoms with Gasteiger partial charge in [0.15, 0.2) is 0 Å². The van der Waals surface area contributed by atoms with E-state index in [4.69, 9.17) is 27.7 Å². The van der Waals surface area contributed by atoms with Gasteiger partial charge in [-0.05, 0) is 6.07 Å². The molecule has 0 aliphatic rings. The number of nitrogens with zero attached hydrogens (tertiary/aromatic N) is 2. The smallest absolute Gasteiger partial charge is 0.417 e. The van der Waals surface area contributed by atoms with Crippen LogP contribution in [0.25, 0.3) is 0 Å². The quantitative estimate of drug-likeness (QED) is 0.753. The minimum Gasteiger partial charge on any atom is -0.477 e. The zero-order chi connectivity index (χ0) is 18.1. The number of carbonyl (C=O) groups is 1. The molecule has 3 N–H and O–H groups in total. The number of thiophene rings is 1. The number of anilines is 1. The fourth-order valence-electron chi connectivity index (χ4n) is 1.74. The molecular formula is C13H7ClF3N3O2S2. The fraction of sp³-hybridized carbons (Fsp3) is 0.154. The second-order valence-electron chi connectivity index (χ2n) is 4.36. The van der Waals surface area contributed by atoms with Crippen LogP contribution in [0.4, 0.5) is 18.2 Å². The highest BCUT2D eigenvalue weighted by Gasteiger charge is 2.31. The summed E-state index contributed by atoms with van der Waals surface area (Å²) in [5.41, 5.74) is 4.85. The minimum absolute atomic E-state index is 0.0175. The molecule has 0 saturated heterocycles. The average molecular weight is 394 g/mol. The Labute approximate surface area is 146 Å². The maximum absolute atomic E-state index is 12.6. The third-order valence-electron chi connectivity index (χ3n) is 2.83. The number of alkyl halides is 3. The van der Waals surface area contributed by atoms with Gasteiger partial charge in [-0.15, -0.1) is 23.1 Å². The number of nitrogen functional groups attached to an aromatic ring is 1. The average Bonchev–Trinajstić information content (AvgIpc) is 2.81. The Balaban J connectivity index is 2.29. The lowest BCUT2D eigenvalue weighted by Gasteiger charge is -2.09. The number of carboxylic acid groups (broad SMARTS) is 1. The van der Waals surface area contributed by atoms with Crippen LogP contribution < -0.4 is 5.73 Å². The van der Waals surface area contributed by atoms with Crippen molar-refractivity contribution in [3.8, 4) is 6.07 Å². The molecule has 0 amide bonds. The summed E-state index contributed by atoms with van der Waals surface area (Å²) in [5.74, 6) is -1.26. The van der Waals surface area contributed by atoms with Gasteiger partial charge in [0.25, 0.3) is 0 Å². The second-order valence-corrected chi connectivity index (χ2v) is 6.79. The zero-order valence-electron chi connectivity index (χ0n) is 11.5. The van der Waals surface area contributed by atoms with E-state index in [1.165, 1.54) is 0 Å². The van der Waals surface area contributed by atoms with Gasteiger partial charge in [-0.2, -0.15) is 18.4 Å². The normalized spacial score (nSPS) is 11.3. The van der Waals surface area contributed by atoms with Crippen LogP contribution in [0.5, 0.6) is 0 Å². The number of thioether (sulfide) groups is 1. The third-order valence-corrected chi connectivity index (χ3v) is 5.31. The molecule has 0 aliphatic carbocycles. The maximum atomic E-state index is 12.6. The molecule has 0 fully saturated rings. The highest BCUT2D eigenvalue weighted by Crippen LogP contribution is 2.38. The van der Waals surface area contributed by atoms with E-state index in [1.54, 1.807) is 0 Å². The van der Waals surface area contributed by atoms with Gasteiger partial charge in [0.1, 0.15) is 21.0 Å². The van der Waals surface area contributed by atoms with Crippen LogP contribution in [0, 0.1) is 11.3 Å². The molecule has 5 nitrogen and oxygen atoms in total. The molecule has 2 aromatic heterocycles. The Morgan fingerprint density at radius 1 is 1.54 bits per heavy atom. The van der Waals surface area contributed by atoms with E-state index in [0.29, 0.717) is 6.20 Å². The molecule has 2 aromatic rings. The largest absolute Gasteiger partial charge is 0.477 e. The Kier molecular flexibility index (Phi) is 5.27. The summed E-state index contributed by atoms with van der Waals surface area (Å²) in [5, 5.41) is 18.2. The molecule has 24 heavy (non-hydrogen) atoms. The van der Waals surface area contributed by atoms with Crippen LogP contribution in [-0.4, -0.2) is 16.1 Å². The monoisotopic (exact) mass is 393 g/mol. The summed E-state index contributed by atoms with van der Waals surface area (Å²) in [6.45, 7) is 0. The molecule has 0 bridgehead atoms. The van der Waals surface area contributed by atoms with Gasteiger partial charge in [0, 0.05) is 17.5 Å². The number of pyridine rings is 1. The summed E-state index contributed by atoms with van der Waals surface area (Å²) >= 11 is 7.48. The first kappa shape index (κ1) is 18.4. The molecule has 2 heterocycles. The van der Waals surface area contributed by atoms with Crippen molar-refractivity contribution < 1.29 is 23.1 Å². The number of nitrogens with two attached hydrogens (primary N) is 1. The van der Waals surface area contributed by atoms with Gasteiger partial charge >= 0.3 is 12.1 Å². The molecule has 126 valence electrons. The number of hydrogen-bond donors (Lipinski definition) is 2. The van der Waals surface area contributed by atoms with Crippen molar-refractivity contribution in [1.82, 2.24) is 4.98 Å². The van der Waals surface area contributed by atoms with Crippen molar-refractivity contribution in [2.75, 3.05) is 5.73 Å². The summed E-state index contributed by atoms with van der Waals surface area (Å²) < 4.78 is 37.7. The zero-order valence-corrected chi connectivity index (χ0v) is 13.9. The minimum atomic E-state index is -4.56. The van der Waals surface area contributed by atoms with E-state index < -0.39 is 17.7 Å². The first-order chi connectivity index (χ1) is 11.1. The molecule has 2 rings (SSSR count). The molecule has 0 aliphatic heterocycles. The van der Waals surface area contributed by atoms with E-state index in [-0.39, 0.29) is 36.8 Å². The van der Waals surface area contributed by atoms with Crippen molar-refractivity contribution in [3.63, 3.8) is 0 Å². The molecule has 0 radical (unpaired) electrons. The molecule has 11 heteroatoms. The lowest BCUT2D eigenvalue weighted by molar-refractivity contribution is -0.137. The summed E-state index contributed by atoms with van der Waals surface area (Å²) in [6, 6.07) is 2.56. The Morgan fingerprint density at radius 2 is 2.21 bits per heavy atom. The van der Waals surface area contributed by atoms with Crippen LogP contribution in [0.2, 0.25) is 5.02 Å². The lowest BCUT2D eigenvalue weighted by atomic mass is 10.2. The predicted molar refractivity (Wildman–Crippen MR) is 84.2 cm³/mol. The molecule has 0 spiro atoms. The van der Waals surface area contributed by atoms with E-state index in [2.05, 4.69) is 4.98 Å². The lowest BCUT2D eigenvalue weighted by Crippen LogP contribution is -2.05. The molecule has 0 unspecified atom stereocenters. The number of hydrogen-bond acceptors (Lipinski definition) is 6. The van der Waals surface area contributed by atoms with Gasteiger partial charge in [-0.25, -0.2) is 9.78 Å². The number of nitriles is 1. The standard InChI is InChI=1S/C13H7ClF3N3O2S2/c14-8-1-5(13(15,16)17)3-20-11(8)23-4-7-6(2-18)10(19)24-9(7)12(21)22/h1,3H,4,19H2,(H,21,22). The SMILES string of the molecule is N#Cc1c(N)sc(C(=O)O)c1CSc1ncc(C(F)(F)F)cc1Cl. The van der Waals surface area contributed by atoms with E-state index >= 15 is 0 Å². The summed E-state index contributed by atoms with van der Waals surface area (Å²) in [6.07, 6.45) is -3.92. The molecule has 0 atom stereocenters. The van der Waals surface area contributed by atoms with Crippen molar-refractivity contribution in [3.05, 3.63) is 38.9 Å². The van der Waals surface area contributed by atoms with Gasteiger partial charge in [-0.1, -0.05) is 11.6 Å². The predicted octanol–water partition coefficient (Wildman–Crippen LogP) is 4.26. The van der Waals surface area contributed by atoms with Crippen LogP contribution in [0.15, 0.2) is 17.3 Å². The number of aromatic nitrogens is 1. The van der Waals surface area contributed by atoms with Gasteiger partial charge < -0.3 is 10.8 Å². The fourth-order valence-corrected chi connectivity index (χ4v) is 3.94. The van der Waals surface area contributed by atoms with Crippen LogP contribution >= 0.6 is 34.7 Å². The van der Waals surface area contributed by atoms with Crippen LogP contribution in [-0.2, 0) is 11.9 Å². The third kappa shape index (κ3) is 3.75. The van der Waals surface area contributed by atoms with Gasteiger partial charge in [0.05, 0.1) is 16.1 Å². The molecule has 0 aromatic carbocycles. The van der Waals surface area contributed by atoms with E-state index in [1.807, 2.05) is 6.07 Å². The summed E-state index contributed by atoms with van der Waals surface area (Å²) in [4.78, 5) is 14.8. The van der Waals surface area contributed by atoms with Crippen LogP contribution in [0.3, 0.4) is 0 Å². The topological polar surface area (TPSA) is 100 Å². The summed E-state index contributed by atoms with van der Waals surface area (Å²) in [7, 11) is 0. The van der Waals surface area contributed by atoms with Gasteiger partial charge in [-0.3, -0.25) is 0 Å². The molecule has 0 saturated carbocycles. The van der Waals surface area contributed by atoms with Crippen molar-refractivity contribution >= 4 is 45.7 Å². The van der Waals surface area contributed by atoms with Gasteiger partial charge in [0.2, 0.25) is 0 Å². The maximum Gasteiger partial charge on any atom is 0.417 e. The highest BCUT2D eigenvalue weighted by atomic mass is 35.5. The molecular weight excluding hydrogens is 387 g/mol. The first-order valence-electron chi connectivity index (χ1n) is 6.05. The Hall–Kier alpha value is -1.96. The number of rotatable bonds is 4. The highest BCUT2D eigenvalue weighted by molar-refractivity contribution is 7.98. The second kappa shape index (κ2) is 6.88. The van der Waals surface area contributed by atoms with Crippen LogP contribution in [0.1, 0.15) is 26.4 Å². The Bertz CT molecular complexity index is 846. The van der Waals surface area contributed by atoms with E-state index in [0.717, 1.165) is 29.2 Å².